The Kier molecular flexibility index (Phi) is 3.92. The van der Waals surface area contributed by atoms with Gasteiger partial charge in [-0.05, 0) is 48.9 Å². The normalized spacial score (nSPS) is 9.85. The molecule has 4 nitrogen and oxygen atoms in total. The van der Waals surface area contributed by atoms with Crippen LogP contribution >= 0.6 is 11.6 Å². The predicted molar refractivity (Wildman–Crippen MR) is 77.0 cm³/mol. The minimum atomic E-state index is -0.303. The molecule has 0 aliphatic carbocycles. The summed E-state index contributed by atoms with van der Waals surface area (Å²) in [7, 11) is 0. The number of phenols is 1. The van der Waals surface area contributed by atoms with E-state index in [0.717, 1.165) is 0 Å². The lowest BCUT2D eigenvalue weighted by atomic mass is 10.1. The average Bonchev–Trinajstić information content (AvgIpc) is 2.38. The van der Waals surface area contributed by atoms with Gasteiger partial charge >= 0.3 is 0 Å². The molecule has 2 N–H and O–H groups in total. The van der Waals surface area contributed by atoms with Crippen molar-refractivity contribution in [1.82, 2.24) is 0 Å². The highest BCUT2D eigenvalue weighted by Gasteiger charge is 2.10. The Hall–Kier alpha value is -2.51. The molecule has 20 heavy (non-hydrogen) atoms. The van der Waals surface area contributed by atoms with Crippen molar-refractivity contribution in [1.29, 1.82) is 5.26 Å². The third kappa shape index (κ3) is 2.90. The van der Waals surface area contributed by atoms with Gasteiger partial charge in [0, 0.05) is 11.3 Å². The number of halogens is 1. The van der Waals surface area contributed by atoms with E-state index in [0.29, 0.717) is 22.4 Å². The molecule has 100 valence electrons. The number of aryl methyl sites for hydroxylation is 1. The molecular formula is C15H11ClN2O2. The Bertz CT molecular complexity index is 720. The summed E-state index contributed by atoms with van der Waals surface area (Å²) in [5, 5.41) is 21.1. The molecule has 0 radical (unpaired) electrons. The maximum Gasteiger partial charge on any atom is 0.255 e. The first-order chi connectivity index (χ1) is 9.51. The molecule has 0 unspecified atom stereocenters. The molecule has 0 saturated heterocycles. The van der Waals surface area contributed by atoms with E-state index in [1.165, 1.54) is 18.2 Å². The summed E-state index contributed by atoms with van der Waals surface area (Å²) in [5.41, 5.74) is 1.99. The second-order valence-corrected chi connectivity index (χ2v) is 4.67. The van der Waals surface area contributed by atoms with Crippen LogP contribution in [-0.2, 0) is 0 Å². The van der Waals surface area contributed by atoms with Crippen molar-refractivity contribution in [3.05, 3.63) is 58.1 Å². The minimum absolute atomic E-state index is 0.112. The highest BCUT2D eigenvalue weighted by atomic mass is 35.5. The zero-order chi connectivity index (χ0) is 14.7. The van der Waals surface area contributed by atoms with Crippen LogP contribution in [0.1, 0.15) is 21.5 Å². The molecule has 0 saturated carbocycles. The molecule has 2 rings (SSSR count). The lowest BCUT2D eigenvalue weighted by Crippen LogP contribution is -2.13. The standard InChI is InChI=1S/C15H11ClN2O2/c1-9-6-12(19)4-5-13(9)15(20)18-11-3-2-10(8-17)14(16)7-11/h2-7,19H,1H3,(H,18,20). The summed E-state index contributed by atoms with van der Waals surface area (Å²) < 4.78 is 0. The van der Waals surface area contributed by atoms with Gasteiger partial charge in [-0.1, -0.05) is 11.6 Å². The van der Waals surface area contributed by atoms with E-state index in [1.807, 2.05) is 6.07 Å². The second-order valence-electron chi connectivity index (χ2n) is 4.26. The number of rotatable bonds is 2. The summed E-state index contributed by atoms with van der Waals surface area (Å²) in [5.74, 6) is -0.191. The summed E-state index contributed by atoms with van der Waals surface area (Å²) >= 11 is 5.90. The Balaban J connectivity index is 2.24. The van der Waals surface area contributed by atoms with Gasteiger partial charge in [-0.25, -0.2) is 0 Å². The van der Waals surface area contributed by atoms with Crippen LogP contribution in [0.4, 0.5) is 5.69 Å². The fourth-order valence-electron chi connectivity index (χ4n) is 1.78. The molecule has 0 aliphatic rings. The van der Waals surface area contributed by atoms with Gasteiger partial charge in [-0.15, -0.1) is 0 Å². The Morgan fingerprint density at radius 1 is 1.30 bits per heavy atom. The molecule has 0 atom stereocenters. The van der Waals surface area contributed by atoms with E-state index in [1.54, 1.807) is 25.1 Å². The summed E-state index contributed by atoms with van der Waals surface area (Å²) in [6, 6.07) is 11.1. The van der Waals surface area contributed by atoms with Crippen LogP contribution in [0.5, 0.6) is 5.75 Å². The third-order valence-electron chi connectivity index (χ3n) is 2.80. The highest BCUT2D eigenvalue weighted by Crippen LogP contribution is 2.22. The van der Waals surface area contributed by atoms with Gasteiger partial charge < -0.3 is 10.4 Å². The van der Waals surface area contributed by atoms with Gasteiger partial charge in [0.05, 0.1) is 10.6 Å². The van der Waals surface area contributed by atoms with E-state index in [2.05, 4.69) is 5.32 Å². The Morgan fingerprint density at radius 2 is 2.05 bits per heavy atom. The van der Waals surface area contributed by atoms with Gasteiger partial charge in [-0.2, -0.15) is 5.26 Å². The van der Waals surface area contributed by atoms with E-state index in [4.69, 9.17) is 16.9 Å². The molecule has 5 heteroatoms. The van der Waals surface area contributed by atoms with Crippen molar-refractivity contribution in [3.8, 4) is 11.8 Å². The minimum Gasteiger partial charge on any atom is -0.508 e. The number of aromatic hydroxyl groups is 1. The zero-order valence-electron chi connectivity index (χ0n) is 10.6. The molecule has 0 fully saturated rings. The number of phenolic OH excluding ortho intramolecular Hbond substituents is 1. The second kappa shape index (κ2) is 5.64. The van der Waals surface area contributed by atoms with Crippen molar-refractivity contribution in [2.24, 2.45) is 0 Å². The zero-order valence-corrected chi connectivity index (χ0v) is 11.4. The van der Waals surface area contributed by atoms with E-state index >= 15 is 0 Å². The molecule has 2 aromatic carbocycles. The predicted octanol–water partition coefficient (Wildman–Crippen LogP) is 3.48. The number of amides is 1. The van der Waals surface area contributed by atoms with Crippen LogP contribution in [0.25, 0.3) is 0 Å². The first-order valence-corrected chi connectivity index (χ1v) is 6.19. The Labute approximate surface area is 121 Å². The van der Waals surface area contributed by atoms with Gasteiger partial charge in [0.15, 0.2) is 0 Å². The molecule has 0 aromatic heterocycles. The highest BCUT2D eigenvalue weighted by molar-refractivity contribution is 6.32. The first kappa shape index (κ1) is 13.9. The number of nitrogens with one attached hydrogen (secondary N) is 1. The number of benzene rings is 2. The lowest BCUT2D eigenvalue weighted by molar-refractivity contribution is 0.102. The van der Waals surface area contributed by atoms with E-state index in [9.17, 15) is 9.90 Å². The fraction of sp³-hybridized carbons (Fsp3) is 0.0667. The van der Waals surface area contributed by atoms with Crippen LogP contribution in [0, 0.1) is 18.3 Å². The molecule has 0 spiro atoms. The van der Waals surface area contributed by atoms with Gasteiger partial charge in [0.1, 0.15) is 11.8 Å². The lowest BCUT2D eigenvalue weighted by Gasteiger charge is -2.08. The van der Waals surface area contributed by atoms with Crippen molar-refractivity contribution < 1.29 is 9.90 Å². The number of anilines is 1. The van der Waals surface area contributed by atoms with Crippen LogP contribution in [0.3, 0.4) is 0 Å². The number of carbonyl (C=O) groups excluding carboxylic acids is 1. The van der Waals surface area contributed by atoms with Crippen LogP contribution in [0.2, 0.25) is 5.02 Å². The fourth-order valence-corrected chi connectivity index (χ4v) is 2.01. The van der Waals surface area contributed by atoms with Crippen molar-refractivity contribution in [3.63, 3.8) is 0 Å². The van der Waals surface area contributed by atoms with Crippen LogP contribution in [0.15, 0.2) is 36.4 Å². The summed E-state index contributed by atoms with van der Waals surface area (Å²) in [4.78, 5) is 12.1. The number of hydrogen-bond donors (Lipinski definition) is 2. The average molecular weight is 287 g/mol. The van der Waals surface area contributed by atoms with E-state index in [-0.39, 0.29) is 16.7 Å². The largest absolute Gasteiger partial charge is 0.508 e. The Morgan fingerprint density at radius 3 is 2.65 bits per heavy atom. The van der Waals surface area contributed by atoms with E-state index < -0.39 is 0 Å². The molecule has 1 amide bonds. The maximum atomic E-state index is 12.1. The monoisotopic (exact) mass is 286 g/mol. The summed E-state index contributed by atoms with van der Waals surface area (Å²) in [6.07, 6.45) is 0. The van der Waals surface area contributed by atoms with Crippen molar-refractivity contribution in [2.75, 3.05) is 5.32 Å². The molecule has 2 aromatic rings. The summed E-state index contributed by atoms with van der Waals surface area (Å²) in [6.45, 7) is 1.74. The van der Waals surface area contributed by atoms with Gasteiger partial charge in [0.25, 0.3) is 5.91 Å². The SMILES string of the molecule is Cc1cc(O)ccc1C(=O)Nc1ccc(C#N)c(Cl)c1. The first-order valence-electron chi connectivity index (χ1n) is 5.82. The molecule has 0 aliphatic heterocycles. The number of hydrogen-bond acceptors (Lipinski definition) is 3. The number of nitriles is 1. The molecule has 0 heterocycles. The van der Waals surface area contributed by atoms with Gasteiger partial charge in [0.2, 0.25) is 0 Å². The van der Waals surface area contributed by atoms with Crippen LogP contribution in [-0.4, -0.2) is 11.0 Å². The van der Waals surface area contributed by atoms with Crippen molar-refractivity contribution >= 4 is 23.2 Å². The van der Waals surface area contributed by atoms with Gasteiger partial charge in [-0.3, -0.25) is 4.79 Å². The maximum absolute atomic E-state index is 12.1. The quantitative estimate of drug-likeness (QED) is 0.887. The van der Waals surface area contributed by atoms with Crippen molar-refractivity contribution in [2.45, 2.75) is 6.92 Å². The van der Waals surface area contributed by atoms with Crippen LogP contribution < -0.4 is 5.32 Å². The number of nitrogens with zero attached hydrogens (tertiary/aromatic N) is 1. The third-order valence-corrected chi connectivity index (χ3v) is 3.11. The number of carbonyl (C=O) groups is 1. The molecule has 0 bridgehead atoms. The smallest absolute Gasteiger partial charge is 0.255 e. The topological polar surface area (TPSA) is 73.1 Å². The molecular weight excluding hydrogens is 276 g/mol.